The van der Waals surface area contributed by atoms with Gasteiger partial charge in [0.05, 0.1) is 12.8 Å². The summed E-state index contributed by atoms with van der Waals surface area (Å²) in [5.41, 5.74) is 2.16. The Morgan fingerprint density at radius 3 is 2.38 bits per heavy atom. The molecule has 1 amide bonds. The van der Waals surface area contributed by atoms with Crippen LogP contribution in [0.25, 0.3) is 0 Å². The lowest BCUT2D eigenvalue weighted by Gasteiger charge is -2.36. The topological polar surface area (TPSA) is 44.8 Å². The number of benzene rings is 2. The fourth-order valence-corrected chi connectivity index (χ4v) is 3.30. The van der Waals surface area contributed by atoms with E-state index >= 15 is 0 Å². The zero-order valence-electron chi connectivity index (χ0n) is 15.5. The maximum Gasteiger partial charge on any atom is 0.244 e. The molecule has 1 fully saturated rings. The number of para-hydroxylation sites is 2. The first-order chi connectivity index (χ1) is 12.7. The summed E-state index contributed by atoms with van der Waals surface area (Å²) in [6.45, 7) is 6.19. The standard InChI is InChI=1S/C21H27N3O2/c1-17(22-19-10-6-7-11-20(19)26-2)21(25)24-14-12-23(13-15-24)16-18-8-4-3-5-9-18/h3-11,17,22H,12-16H2,1-2H3/t17-/m1/s1. The Labute approximate surface area is 155 Å². The van der Waals surface area contributed by atoms with Crippen molar-refractivity contribution < 1.29 is 9.53 Å². The number of anilines is 1. The summed E-state index contributed by atoms with van der Waals surface area (Å²) in [5.74, 6) is 0.884. The molecule has 1 aliphatic heterocycles. The van der Waals surface area contributed by atoms with Crippen LogP contribution in [0, 0.1) is 0 Å². The van der Waals surface area contributed by atoms with E-state index in [-0.39, 0.29) is 11.9 Å². The zero-order chi connectivity index (χ0) is 18.4. The van der Waals surface area contributed by atoms with Gasteiger partial charge in [0.1, 0.15) is 11.8 Å². The van der Waals surface area contributed by atoms with E-state index in [0.717, 1.165) is 44.2 Å². The Kier molecular flexibility index (Phi) is 6.12. The number of rotatable bonds is 6. The first-order valence-corrected chi connectivity index (χ1v) is 9.12. The molecule has 0 aromatic heterocycles. The van der Waals surface area contributed by atoms with Gasteiger partial charge in [-0.15, -0.1) is 0 Å². The number of methoxy groups -OCH3 is 1. The smallest absolute Gasteiger partial charge is 0.244 e. The highest BCUT2D eigenvalue weighted by Crippen LogP contribution is 2.24. The van der Waals surface area contributed by atoms with Crippen LogP contribution in [0.5, 0.6) is 5.75 Å². The molecule has 1 aliphatic rings. The van der Waals surface area contributed by atoms with E-state index in [9.17, 15) is 4.79 Å². The van der Waals surface area contributed by atoms with Crippen molar-refractivity contribution in [2.24, 2.45) is 0 Å². The van der Waals surface area contributed by atoms with E-state index < -0.39 is 0 Å². The van der Waals surface area contributed by atoms with Gasteiger partial charge < -0.3 is 15.0 Å². The number of nitrogens with one attached hydrogen (secondary N) is 1. The predicted molar refractivity (Wildman–Crippen MR) is 104 cm³/mol. The third kappa shape index (κ3) is 4.55. The van der Waals surface area contributed by atoms with E-state index in [2.05, 4.69) is 34.5 Å². The Balaban J connectivity index is 1.51. The van der Waals surface area contributed by atoms with Crippen molar-refractivity contribution in [3.05, 3.63) is 60.2 Å². The number of amides is 1. The first-order valence-electron chi connectivity index (χ1n) is 9.12. The molecule has 1 saturated heterocycles. The molecule has 1 heterocycles. The molecule has 0 radical (unpaired) electrons. The van der Waals surface area contributed by atoms with Gasteiger partial charge in [0.2, 0.25) is 5.91 Å². The lowest BCUT2D eigenvalue weighted by molar-refractivity contribution is -0.133. The van der Waals surface area contributed by atoms with E-state index in [1.54, 1.807) is 7.11 Å². The molecule has 5 heteroatoms. The van der Waals surface area contributed by atoms with Gasteiger partial charge in [-0.1, -0.05) is 42.5 Å². The average Bonchev–Trinajstić information content (AvgIpc) is 2.69. The average molecular weight is 353 g/mol. The number of carbonyl (C=O) groups is 1. The normalized spacial score (nSPS) is 16.2. The molecular weight excluding hydrogens is 326 g/mol. The van der Waals surface area contributed by atoms with Crippen molar-refractivity contribution >= 4 is 11.6 Å². The molecule has 2 aromatic carbocycles. The van der Waals surface area contributed by atoms with Crippen LogP contribution in [-0.4, -0.2) is 55.0 Å². The highest BCUT2D eigenvalue weighted by molar-refractivity contribution is 5.85. The van der Waals surface area contributed by atoms with Gasteiger partial charge in [-0.05, 0) is 24.6 Å². The minimum atomic E-state index is -0.285. The van der Waals surface area contributed by atoms with Crippen LogP contribution in [-0.2, 0) is 11.3 Å². The molecule has 0 aliphatic carbocycles. The summed E-state index contributed by atoms with van der Waals surface area (Å²) in [5, 5.41) is 3.28. The Morgan fingerprint density at radius 2 is 1.69 bits per heavy atom. The number of carbonyl (C=O) groups excluding carboxylic acids is 1. The van der Waals surface area contributed by atoms with Crippen LogP contribution in [0.1, 0.15) is 12.5 Å². The fourth-order valence-electron chi connectivity index (χ4n) is 3.30. The molecular formula is C21H27N3O2. The van der Waals surface area contributed by atoms with Crippen LogP contribution in [0.2, 0.25) is 0 Å². The summed E-state index contributed by atoms with van der Waals surface area (Å²) in [6.07, 6.45) is 0. The molecule has 138 valence electrons. The minimum Gasteiger partial charge on any atom is -0.495 e. The minimum absolute atomic E-state index is 0.135. The van der Waals surface area contributed by atoms with Gasteiger partial charge in [-0.25, -0.2) is 0 Å². The number of ether oxygens (including phenoxy) is 1. The van der Waals surface area contributed by atoms with Crippen molar-refractivity contribution in [2.75, 3.05) is 38.6 Å². The van der Waals surface area contributed by atoms with Crippen LogP contribution in [0.4, 0.5) is 5.69 Å². The van der Waals surface area contributed by atoms with E-state index in [4.69, 9.17) is 4.74 Å². The monoisotopic (exact) mass is 353 g/mol. The summed E-state index contributed by atoms with van der Waals surface area (Å²) < 4.78 is 5.35. The summed E-state index contributed by atoms with van der Waals surface area (Å²) in [7, 11) is 1.64. The number of hydrogen-bond donors (Lipinski definition) is 1. The lowest BCUT2D eigenvalue weighted by atomic mass is 10.2. The van der Waals surface area contributed by atoms with Crippen molar-refractivity contribution in [2.45, 2.75) is 19.5 Å². The number of hydrogen-bond acceptors (Lipinski definition) is 4. The quantitative estimate of drug-likeness (QED) is 0.867. The molecule has 0 saturated carbocycles. The predicted octanol–water partition coefficient (Wildman–Crippen LogP) is 2.84. The van der Waals surface area contributed by atoms with Crippen LogP contribution >= 0.6 is 0 Å². The molecule has 2 aromatic rings. The van der Waals surface area contributed by atoms with Gasteiger partial charge in [-0.3, -0.25) is 9.69 Å². The Morgan fingerprint density at radius 1 is 1.04 bits per heavy atom. The van der Waals surface area contributed by atoms with E-state index in [1.165, 1.54) is 5.56 Å². The molecule has 1 atom stereocenters. The molecule has 0 spiro atoms. The van der Waals surface area contributed by atoms with Gasteiger partial charge in [-0.2, -0.15) is 0 Å². The van der Waals surface area contributed by atoms with E-state index in [1.807, 2.05) is 42.2 Å². The van der Waals surface area contributed by atoms with Crippen LogP contribution in [0.3, 0.4) is 0 Å². The van der Waals surface area contributed by atoms with Crippen LogP contribution in [0.15, 0.2) is 54.6 Å². The van der Waals surface area contributed by atoms with Crippen molar-refractivity contribution in [3.8, 4) is 5.75 Å². The SMILES string of the molecule is COc1ccccc1N[C@H](C)C(=O)N1CCN(Cc2ccccc2)CC1. The van der Waals surface area contributed by atoms with Gasteiger partial charge in [0.25, 0.3) is 0 Å². The molecule has 5 nitrogen and oxygen atoms in total. The summed E-state index contributed by atoms with van der Waals surface area (Å²) >= 11 is 0. The van der Waals surface area contributed by atoms with Gasteiger partial charge in [0, 0.05) is 32.7 Å². The maximum atomic E-state index is 12.8. The molecule has 3 rings (SSSR count). The van der Waals surface area contributed by atoms with Crippen molar-refractivity contribution in [1.82, 2.24) is 9.80 Å². The Hall–Kier alpha value is -2.53. The third-order valence-corrected chi connectivity index (χ3v) is 4.78. The van der Waals surface area contributed by atoms with E-state index in [0.29, 0.717) is 0 Å². The van der Waals surface area contributed by atoms with Crippen molar-refractivity contribution in [3.63, 3.8) is 0 Å². The molecule has 0 unspecified atom stereocenters. The highest BCUT2D eigenvalue weighted by atomic mass is 16.5. The second-order valence-corrected chi connectivity index (χ2v) is 6.65. The zero-order valence-corrected chi connectivity index (χ0v) is 15.5. The van der Waals surface area contributed by atoms with Gasteiger partial charge >= 0.3 is 0 Å². The summed E-state index contributed by atoms with van der Waals surface area (Å²) in [6, 6.07) is 17.9. The molecule has 1 N–H and O–H groups in total. The number of nitrogens with zero attached hydrogens (tertiary/aromatic N) is 2. The summed E-state index contributed by atoms with van der Waals surface area (Å²) in [4.78, 5) is 17.1. The molecule has 0 bridgehead atoms. The highest BCUT2D eigenvalue weighted by Gasteiger charge is 2.25. The van der Waals surface area contributed by atoms with Crippen LogP contribution < -0.4 is 10.1 Å². The lowest BCUT2D eigenvalue weighted by Crippen LogP contribution is -2.51. The second kappa shape index (κ2) is 8.72. The maximum absolute atomic E-state index is 12.8. The number of piperazine rings is 1. The Bertz CT molecular complexity index is 712. The van der Waals surface area contributed by atoms with Crippen molar-refractivity contribution in [1.29, 1.82) is 0 Å². The third-order valence-electron chi connectivity index (χ3n) is 4.78. The molecule has 26 heavy (non-hydrogen) atoms. The largest absolute Gasteiger partial charge is 0.495 e. The second-order valence-electron chi connectivity index (χ2n) is 6.65. The van der Waals surface area contributed by atoms with Gasteiger partial charge in [0.15, 0.2) is 0 Å². The fraction of sp³-hybridized carbons (Fsp3) is 0.381. The first kappa shape index (κ1) is 18.3.